The third-order valence-electron chi connectivity index (χ3n) is 3.47. The largest absolute Gasteiger partial charge is 0.508 e. The summed E-state index contributed by atoms with van der Waals surface area (Å²) in [6.45, 7) is 3.87. The summed E-state index contributed by atoms with van der Waals surface area (Å²) >= 11 is 5.44. The van der Waals surface area contributed by atoms with E-state index in [1.165, 1.54) is 12.1 Å². The number of halogens is 1. The maximum atomic E-state index is 12.2. The van der Waals surface area contributed by atoms with Crippen molar-refractivity contribution in [3.63, 3.8) is 0 Å². The first-order valence-corrected chi connectivity index (χ1v) is 8.25. The molecule has 1 aromatic rings. The van der Waals surface area contributed by atoms with E-state index in [9.17, 15) is 19.5 Å². The number of nitrogens with two attached hydrogens (primary N) is 1. The maximum Gasteiger partial charge on any atom is 0.237 e. The Kier molecular flexibility index (Phi) is 7.88. The highest BCUT2D eigenvalue weighted by molar-refractivity contribution is 6.48. The Morgan fingerprint density at radius 2 is 1.79 bits per heavy atom. The molecule has 132 valence electrons. The Balaban J connectivity index is 2.88. The van der Waals surface area contributed by atoms with Crippen LogP contribution in [0.3, 0.4) is 0 Å². The zero-order valence-corrected chi connectivity index (χ0v) is 14.5. The Hall–Kier alpha value is -1.92. The number of phenols is 1. The summed E-state index contributed by atoms with van der Waals surface area (Å²) in [6, 6.07) is 4.36. The second-order valence-corrected chi connectivity index (χ2v) is 6.36. The van der Waals surface area contributed by atoms with E-state index in [-0.39, 0.29) is 18.1 Å². The topological polar surface area (TPSA) is 109 Å². The molecule has 0 unspecified atom stereocenters. The summed E-state index contributed by atoms with van der Waals surface area (Å²) in [5, 5.41) is 11.8. The van der Waals surface area contributed by atoms with Crippen LogP contribution in [-0.2, 0) is 20.8 Å². The standard InChI is InChI=1S/C17H23ClN2O4/c1-10(2)7-13(19)17(24)20-14(16(23)15(22)9-18)8-11-3-5-12(21)6-4-11/h3-6,10,13-14,21H,7-9,19H2,1-2H3,(H,20,24)/t13-,14-/m0/s1. The van der Waals surface area contributed by atoms with Gasteiger partial charge < -0.3 is 16.2 Å². The summed E-state index contributed by atoms with van der Waals surface area (Å²) in [7, 11) is 0. The summed E-state index contributed by atoms with van der Waals surface area (Å²) in [5.41, 5.74) is 6.51. The van der Waals surface area contributed by atoms with Crippen LogP contribution in [0.5, 0.6) is 5.75 Å². The zero-order valence-electron chi connectivity index (χ0n) is 13.8. The molecule has 0 radical (unpaired) electrons. The number of hydrogen-bond donors (Lipinski definition) is 3. The number of rotatable bonds is 9. The first kappa shape index (κ1) is 20.1. The summed E-state index contributed by atoms with van der Waals surface area (Å²) in [5.74, 6) is -2.15. The van der Waals surface area contributed by atoms with Gasteiger partial charge in [-0.2, -0.15) is 0 Å². The first-order valence-electron chi connectivity index (χ1n) is 7.71. The molecular formula is C17H23ClN2O4. The van der Waals surface area contributed by atoms with Crippen molar-refractivity contribution >= 4 is 29.1 Å². The van der Waals surface area contributed by atoms with Crippen molar-refractivity contribution in [2.24, 2.45) is 11.7 Å². The molecule has 4 N–H and O–H groups in total. The molecular weight excluding hydrogens is 332 g/mol. The number of carbonyl (C=O) groups excluding carboxylic acids is 3. The highest BCUT2D eigenvalue weighted by Crippen LogP contribution is 2.12. The first-order chi connectivity index (χ1) is 11.2. The fourth-order valence-corrected chi connectivity index (χ4v) is 2.36. The molecule has 24 heavy (non-hydrogen) atoms. The van der Waals surface area contributed by atoms with Gasteiger partial charge in [-0.15, -0.1) is 11.6 Å². The van der Waals surface area contributed by atoms with Crippen LogP contribution in [0.4, 0.5) is 0 Å². The second-order valence-electron chi connectivity index (χ2n) is 6.09. The molecule has 6 nitrogen and oxygen atoms in total. The van der Waals surface area contributed by atoms with Gasteiger partial charge in [0.05, 0.1) is 18.0 Å². The Bertz CT molecular complexity index is 587. The van der Waals surface area contributed by atoms with Crippen LogP contribution in [0.25, 0.3) is 0 Å². The van der Waals surface area contributed by atoms with Crippen molar-refractivity contribution in [1.82, 2.24) is 5.32 Å². The van der Waals surface area contributed by atoms with Crippen molar-refractivity contribution in [2.45, 2.75) is 38.8 Å². The van der Waals surface area contributed by atoms with Crippen LogP contribution < -0.4 is 11.1 Å². The molecule has 1 rings (SSSR count). The number of aromatic hydroxyl groups is 1. The summed E-state index contributed by atoms with van der Waals surface area (Å²) in [4.78, 5) is 36.0. The molecule has 7 heteroatoms. The number of phenolic OH excluding ortho intramolecular Hbond substituents is 1. The number of hydrogen-bond acceptors (Lipinski definition) is 5. The number of carbonyl (C=O) groups is 3. The molecule has 2 atom stereocenters. The maximum absolute atomic E-state index is 12.2. The van der Waals surface area contributed by atoms with Gasteiger partial charge in [-0.25, -0.2) is 0 Å². The molecule has 0 heterocycles. The lowest BCUT2D eigenvalue weighted by Crippen LogP contribution is -2.51. The van der Waals surface area contributed by atoms with Gasteiger partial charge in [0.15, 0.2) is 0 Å². The fourth-order valence-electron chi connectivity index (χ4n) is 2.23. The number of alkyl halides is 1. The van der Waals surface area contributed by atoms with E-state index in [0.717, 1.165) is 0 Å². The molecule has 0 aliphatic rings. The predicted octanol–water partition coefficient (Wildman–Crippen LogP) is 1.17. The molecule has 0 aliphatic heterocycles. The molecule has 0 spiro atoms. The molecule has 0 fully saturated rings. The van der Waals surface area contributed by atoms with Gasteiger partial charge in [-0.1, -0.05) is 26.0 Å². The third-order valence-corrected chi connectivity index (χ3v) is 3.71. The van der Waals surface area contributed by atoms with Gasteiger partial charge in [0.1, 0.15) is 5.75 Å². The van der Waals surface area contributed by atoms with E-state index >= 15 is 0 Å². The van der Waals surface area contributed by atoms with Crippen molar-refractivity contribution in [3.05, 3.63) is 29.8 Å². The number of nitrogens with one attached hydrogen (secondary N) is 1. The Morgan fingerprint density at radius 1 is 1.21 bits per heavy atom. The molecule has 0 saturated carbocycles. The number of Topliss-reactive ketones (excluding diaryl/α,β-unsaturated/α-hetero) is 2. The van der Waals surface area contributed by atoms with Gasteiger partial charge in [0, 0.05) is 6.42 Å². The van der Waals surface area contributed by atoms with Crippen LogP contribution in [0, 0.1) is 5.92 Å². The SMILES string of the molecule is CC(C)C[C@H](N)C(=O)N[C@@H](Cc1ccc(O)cc1)C(=O)C(=O)CCl. The minimum absolute atomic E-state index is 0.0847. The van der Waals surface area contributed by atoms with E-state index in [1.807, 2.05) is 13.8 Å². The Labute approximate surface area is 146 Å². The number of ketones is 2. The number of benzene rings is 1. The molecule has 0 saturated heterocycles. The van der Waals surface area contributed by atoms with E-state index in [4.69, 9.17) is 17.3 Å². The Morgan fingerprint density at radius 3 is 2.29 bits per heavy atom. The fraction of sp³-hybridized carbons (Fsp3) is 0.471. The minimum atomic E-state index is -1.04. The zero-order chi connectivity index (χ0) is 18.3. The highest BCUT2D eigenvalue weighted by Gasteiger charge is 2.28. The lowest BCUT2D eigenvalue weighted by Gasteiger charge is -2.20. The van der Waals surface area contributed by atoms with Crippen molar-refractivity contribution in [3.8, 4) is 5.75 Å². The van der Waals surface area contributed by atoms with E-state index in [2.05, 4.69) is 5.32 Å². The molecule has 1 amide bonds. The van der Waals surface area contributed by atoms with Gasteiger partial charge in [-0.3, -0.25) is 14.4 Å². The highest BCUT2D eigenvalue weighted by atomic mass is 35.5. The average Bonchev–Trinajstić information content (AvgIpc) is 2.53. The molecule has 0 aliphatic carbocycles. The van der Waals surface area contributed by atoms with Gasteiger partial charge in [-0.05, 0) is 30.0 Å². The van der Waals surface area contributed by atoms with Crippen LogP contribution in [0.2, 0.25) is 0 Å². The van der Waals surface area contributed by atoms with Crippen LogP contribution >= 0.6 is 11.6 Å². The van der Waals surface area contributed by atoms with Crippen LogP contribution in [0.1, 0.15) is 25.8 Å². The quantitative estimate of drug-likeness (QED) is 0.455. The average molecular weight is 355 g/mol. The second kappa shape index (κ2) is 9.39. The summed E-state index contributed by atoms with van der Waals surface area (Å²) < 4.78 is 0. The lowest BCUT2D eigenvalue weighted by molar-refractivity contribution is -0.137. The summed E-state index contributed by atoms with van der Waals surface area (Å²) in [6.07, 6.45) is 0.581. The van der Waals surface area contributed by atoms with E-state index < -0.39 is 35.4 Å². The van der Waals surface area contributed by atoms with Gasteiger partial charge >= 0.3 is 0 Å². The molecule has 1 aromatic carbocycles. The number of amides is 1. The monoisotopic (exact) mass is 354 g/mol. The smallest absolute Gasteiger partial charge is 0.237 e. The predicted molar refractivity (Wildman–Crippen MR) is 91.9 cm³/mol. The normalized spacial score (nSPS) is 13.4. The van der Waals surface area contributed by atoms with Gasteiger partial charge in [0.2, 0.25) is 17.5 Å². The molecule has 0 bridgehead atoms. The minimum Gasteiger partial charge on any atom is -0.508 e. The van der Waals surface area contributed by atoms with Crippen molar-refractivity contribution < 1.29 is 19.5 Å². The lowest BCUT2D eigenvalue weighted by atomic mass is 9.98. The molecule has 0 aromatic heterocycles. The van der Waals surface area contributed by atoms with E-state index in [0.29, 0.717) is 12.0 Å². The van der Waals surface area contributed by atoms with Gasteiger partial charge in [0.25, 0.3) is 0 Å². The van der Waals surface area contributed by atoms with E-state index in [1.54, 1.807) is 12.1 Å². The van der Waals surface area contributed by atoms with Crippen molar-refractivity contribution in [1.29, 1.82) is 0 Å². The van der Waals surface area contributed by atoms with Crippen LogP contribution in [0.15, 0.2) is 24.3 Å². The third kappa shape index (κ3) is 6.29. The van der Waals surface area contributed by atoms with Crippen LogP contribution in [-0.4, -0.2) is 40.5 Å². The van der Waals surface area contributed by atoms with Crippen molar-refractivity contribution in [2.75, 3.05) is 5.88 Å².